The van der Waals surface area contributed by atoms with Crippen molar-refractivity contribution in [2.24, 2.45) is 0 Å². The molecular weight excluding hydrogens is 190 g/mol. The Morgan fingerprint density at radius 2 is 1.93 bits per heavy atom. The van der Waals surface area contributed by atoms with E-state index in [0.717, 1.165) is 0 Å². The SMILES string of the molecule is [2H]c1c([2H])c([2H])c(C(C#N)O[Si](C)(C)C)c([2H])c1[2H]. The van der Waals surface area contributed by atoms with Crippen LogP contribution in [0.25, 0.3) is 0 Å². The van der Waals surface area contributed by atoms with Crippen LogP contribution in [0.5, 0.6) is 0 Å². The van der Waals surface area contributed by atoms with Crippen LogP contribution in [0.1, 0.15) is 18.5 Å². The standard InChI is InChI=1S/C11H15NOSi/c1-14(2,3)13-11(9-12)10-7-5-4-6-8-10/h4-8,11H,1-3H3/i4D,5D,6D,7D,8D. The normalized spacial score (nSPS) is 18.3. The summed E-state index contributed by atoms with van der Waals surface area (Å²) in [6, 6.07) is -0.249. The summed E-state index contributed by atoms with van der Waals surface area (Å²) < 4.78 is 43.8. The highest BCUT2D eigenvalue weighted by Gasteiger charge is 2.21. The second-order valence-electron chi connectivity index (χ2n) is 3.78. The van der Waals surface area contributed by atoms with Gasteiger partial charge in [-0.25, -0.2) is 0 Å². The van der Waals surface area contributed by atoms with Crippen molar-refractivity contribution in [3.63, 3.8) is 0 Å². The van der Waals surface area contributed by atoms with Gasteiger partial charge in [0.15, 0.2) is 14.4 Å². The zero-order chi connectivity index (χ0) is 15.0. The van der Waals surface area contributed by atoms with Gasteiger partial charge in [-0.15, -0.1) is 0 Å². The van der Waals surface area contributed by atoms with Crippen LogP contribution in [0.3, 0.4) is 0 Å². The van der Waals surface area contributed by atoms with Crippen molar-refractivity contribution in [1.82, 2.24) is 0 Å². The fraction of sp³-hybridized carbons (Fsp3) is 0.364. The van der Waals surface area contributed by atoms with Crippen LogP contribution in [0.15, 0.2) is 30.2 Å². The molecule has 0 saturated carbocycles. The molecule has 0 N–H and O–H groups in total. The molecule has 1 unspecified atom stereocenters. The minimum atomic E-state index is -2.08. The average molecular weight is 210 g/mol. The van der Waals surface area contributed by atoms with Gasteiger partial charge in [-0.2, -0.15) is 5.26 Å². The number of hydrogen-bond donors (Lipinski definition) is 0. The predicted molar refractivity (Wildman–Crippen MR) is 59.2 cm³/mol. The Labute approximate surface area is 93.3 Å². The van der Waals surface area contributed by atoms with Crippen LogP contribution in [-0.4, -0.2) is 8.32 Å². The van der Waals surface area contributed by atoms with Crippen LogP contribution < -0.4 is 0 Å². The third kappa shape index (κ3) is 3.33. The molecule has 0 radical (unpaired) electrons. The van der Waals surface area contributed by atoms with Crippen molar-refractivity contribution >= 4 is 8.32 Å². The Kier molecular flexibility index (Phi) is 1.79. The maximum atomic E-state index is 9.15. The molecule has 0 fully saturated rings. The van der Waals surface area contributed by atoms with Crippen molar-refractivity contribution in [1.29, 1.82) is 5.26 Å². The molecule has 0 aromatic heterocycles. The molecule has 1 aromatic carbocycles. The van der Waals surface area contributed by atoms with E-state index >= 15 is 0 Å². The molecule has 1 atom stereocenters. The van der Waals surface area contributed by atoms with Crippen molar-refractivity contribution in [2.75, 3.05) is 0 Å². The maximum Gasteiger partial charge on any atom is 0.186 e. The van der Waals surface area contributed by atoms with Gasteiger partial charge in [0.25, 0.3) is 0 Å². The van der Waals surface area contributed by atoms with Gasteiger partial charge in [-0.05, 0) is 25.2 Å². The molecule has 0 heterocycles. The summed E-state index contributed by atoms with van der Waals surface area (Å²) in [5, 5.41) is 9.15. The van der Waals surface area contributed by atoms with Gasteiger partial charge in [-0.1, -0.05) is 30.2 Å². The summed E-state index contributed by atoms with van der Waals surface area (Å²) >= 11 is 0. The minimum Gasteiger partial charge on any atom is -0.399 e. The Hall–Kier alpha value is -1.11. The summed E-state index contributed by atoms with van der Waals surface area (Å²) in [4.78, 5) is 0. The first kappa shape index (κ1) is 5.69. The van der Waals surface area contributed by atoms with Gasteiger partial charge in [0.05, 0.1) is 12.9 Å². The largest absolute Gasteiger partial charge is 0.399 e. The first-order chi connectivity index (χ1) is 8.60. The first-order valence-corrected chi connectivity index (χ1v) is 7.65. The first-order valence-electron chi connectivity index (χ1n) is 6.74. The Balaban J connectivity index is 3.46. The van der Waals surface area contributed by atoms with Crippen LogP contribution in [-0.2, 0) is 4.43 Å². The molecule has 2 nitrogen and oxygen atoms in total. The minimum absolute atomic E-state index is 0.0871. The van der Waals surface area contributed by atoms with Crippen LogP contribution in [0.4, 0.5) is 0 Å². The summed E-state index contributed by atoms with van der Waals surface area (Å²) in [6.45, 7) is 5.60. The van der Waals surface area contributed by atoms with Crippen molar-refractivity contribution in [3.05, 3.63) is 35.8 Å². The summed E-state index contributed by atoms with van der Waals surface area (Å²) in [7, 11) is -2.08. The molecule has 3 heteroatoms. The zero-order valence-electron chi connectivity index (χ0n) is 13.4. The van der Waals surface area contributed by atoms with Gasteiger partial charge in [0.1, 0.15) is 0 Å². The van der Waals surface area contributed by atoms with Crippen molar-refractivity contribution < 1.29 is 11.3 Å². The number of nitrogens with zero attached hydrogens (tertiary/aromatic N) is 1. The molecule has 0 aliphatic rings. The molecule has 0 amide bonds. The highest BCUT2D eigenvalue weighted by Crippen LogP contribution is 2.20. The Morgan fingerprint density at radius 3 is 2.36 bits per heavy atom. The number of nitriles is 1. The summed E-state index contributed by atoms with van der Waals surface area (Å²) in [6.07, 6.45) is -1.14. The van der Waals surface area contributed by atoms with Crippen LogP contribution >= 0.6 is 0 Å². The third-order valence-electron chi connectivity index (χ3n) is 1.37. The zero-order valence-corrected chi connectivity index (χ0v) is 9.43. The number of benzene rings is 1. The Morgan fingerprint density at radius 1 is 1.36 bits per heavy atom. The molecule has 0 bridgehead atoms. The lowest BCUT2D eigenvalue weighted by atomic mass is 10.1. The average Bonchev–Trinajstić information content (AvgIpc) is 2.31. The quantitative estimate of drug-likeness (QED) is 0.718. The van der Waals surface area contributed by atoms with E-state index in [-0.39, 0.29) is 17.6 Å². The van der Waals surface area contributed by atoms with E-state index in [1.807, 2.05) is 25.7 Å². The number of rotatable bonds is 3. The highest BCUT2D eigenvalue weighted by molar-refractivity contribution is 6.69. The Bertz CT molecular complexity index is 520. The van der Waals surface area contributed by atoms with Gasteiger partial charge < -0.3 is 4.43 Å². The van der Waals surface area contributed by atoms with E-state index in [1.165, 1.54) is 0 Å². The topological polar surface area (TPSA) is 33.0 Å². The highest BCUT2D eigenvalue weighted by atomic mass is 28.4. The smallest absolute Gasteiger partial charge is 0.186 e. The summed E-state index contributed by atoms with van der Waals surface area (Å²) in [5.41, 5.74) is -0.0871. The number of hydrogen-bond acceptors (Lipinski definition) is 2. The lowest BCUT2D eigenvalue weighted by molar-refractivity contribution is 0.255. The van der Waals surface area contributed by atoms with Crippen LogP contribution in [0, 0.1) is 11.3 Å². The summed E-state index contributed by atoms with van der Waals surface area (Å²) in [5.74, 6) is 0. The second-order valence-corrected chi connectivity index (χ2v) is 8.24. The third-order valence-corrected chi connectivity index (χ3v) is 2.31. The molecule has 1 aromatic rings. The van der Waals surface area contributed by atoms with E-state index in [9.17, 15) is 0 Å². The molecule has 74 valence electrons. The fourth-order valence-corrected chi connectivity index (χ4v) is 1.77. The molecule has 0 aliphatic heterocycles. The van der Waals surface area contributed by atoms with E-state index in [4.69, 9.17) is 16.5 Å². The van der Waals surface area contributed by atoms with Crippen molar-refractivity contribution in [3.8, 4) is 6.07 Å². The van der Waals surface area contributed by atoms with Gasteiger partial charge in [0.2, 0.25) is 0 Å². The van der Waals surface area contributed by atoms with E-state index in [0.29, 0.717) is 0 Å². The molecule has 1 rings (SSSR count). The van der Waals surface area contributed by atoms with Gasteiger partial charge in [-0.3, -0.25) is 0 Å². The van der Waals surface area contributed by atoms with E-state index in [2.05, 4.69) is 0 Å². The van der Waals surface area contributed by atoms with E-state index < -0.39 is 32.5 Å². The molecule has 14 heavy (non-hydrogen) atoms. The molecule has 0 aliphatic carbocycles. The molecular formula is C11H15NOSi. The van der Waals surface area contributed by atoms with Crippen LogP contribution in [0.2, 0.25) is 19.6 Å². The fourth-order valence-electron chi connectivity index (χ4n) is 0.894. The van der Waals surface area contributed by atoms with Gasteiger partial charge in [0, 0.05) is 0 Å². The van der Waals surface area contributed by atoms with Crippen molar-refractivity contribution in [2.45, 2.75) is 25.7 Å². The monoisotopic (exact) mass is 210 g/mol. The van der Waals surface area contributed by atoms with Gasteiger partial charge >= 0.3 is 0 Å². The molecule has 0 saturated heterocycles. The molecule has 0 spiro atoms. The lowest BCUT2D eigenvalue weighted by Gasteiger charge is -2.21. The maximum absolute atomic E-state index is 9.15. The lowest BCUT2D eigenvalue weighted by Crippen LogP contribution is -2.27. The van der Waals surface area contributed by atoms with E-state index in [1.54, 1.807) is 0 Å². The predicted octanol–water partition coefficient (Wildman–Crippen LogP) is 3.10. The second kappa shape index (κ2) is 4.40.